The average molecular weight is 170 g/mol. The first-order valence-corrected chi connectivity index (χ1v) is 4.23. The summed E-state index contributed by atoms with van der Waals surface area (Å²) in [5.41, 5.74) is 2.27. The molecule has 3 heteroatoms. The van der Waals surface area contributed by atoms with E-state index in [1.165, 1.54) is 5.56 Å². The van der Waals surface area contributed by atoms with E-state index in [2.05, 4.69) is 0 Å². The predicted molar refractivity (Wildman–Crippen MR) is 47.1 cm³/mol. The summed E-state index contributed by atoms with van der Waals surface area (Å²) >= 11 is 0. The van der Waals surface area contributed by atoms with Crippen LogP contribution in [0.5, 0.6) is 5.75 Å². The van der Waals surface area contributed by atoms with E-state index in [0.717, 1.165) is 11.3 Å². The van der Waals surface area contributed by atoms with Gasteiger partial charge in [0, 0.05) is 0 Å². The molecule has 0 spiro atoms. The van der Waals surface area contributed by atoms with Crippen LogP contribution in [-0.4, -0.2) is 4.89 Å². The van der Waals surface area contributed by atoms with Crippen molar-refractivity contribution in [1.82, 2.24) is 0 Å². The highest BCUT2D eigenvalue weighted by molar-refractivity contribution is 7.25. The summed E-state index contributed by atoms with van der Waals surface area (Å²) in [5.74, 6) is 0.769. The van der Waals surface area contributed by atoms with Crippen LogP contribution in [0.25, 0.3) is 0 Å². The molecule has 60 valence electrons. The van der Waals surface area contributed by atoms with Gasteiger partial charge in [0.15, 0.2) is 0 Å². The molecule has 0 radical (unpaired) electrons. The van der Waals surface area contributed by atoms with Crippen molar-refractivity contribution >= 4 is 9.03 Å². The molecule has 0 saturated heterocycles. The number of benzene rings is 1. The van der Waals surface area contributed by atoms with Crippen molar-refractivity contribution in [3.05, 3.63) is 29.3 Å². The van der Waals surface area contributed by atoms with E-state index in [9.17, 15) is 0 Å². The Bertz CT molecular complexity index is 248. The van der Waals surface area contributed by atoms with Crippen LogP contribution in [-0.2, 0) is 0 Å². The number of rotatable bonds is 2. The number of hydrogen-bond donors (Lipinski definition) is 1. The number of hydrogen-bond acceptors (Lipinski definition) is 2. The molecule has 0 aliphatic rings. The fourth-order valence-corrected chi connectivity index (χ4v) is 1.20. The van der Waals surface area contributed by atoms with Crippen molar-refractivity contribution in [2.45, 2.75) is 13.8 Å². The van der Waals surface area contributed by atoms with Gasteiger partial charge in [-0.25, -0.2) is 0 Å². The summed E-state index contributed by atoms with van der Waals surface area (Å²) in [7, 11) is -0.472. The Balaban J connectivity index is 2.96. The zero-order chi connectivity index (χ0) is 8.27. The van der Waals surface area contributed by atoms with Crippen molar-refractivity contribution in [1.29, 1.82) is 0 Å². The fourth-order valence-electron chi connectivity index (χ4n) is 0.884. The third kappa shape index (κ3) is 1.92. The lowest BCUT2D eigenvalue weighted by atomic mass is 10.1. The molecule has 0 amide bonds. The Morgan fingerprint density at radius 2 is 2.09 bits per heavy atom. The monoisotopic (exact) mass is 170 g/mol. The molecule has 0 bridgehead atoms. The summed E-state index contributed by atoms with van der Waals surface area (Å²) in [6.07, 6.45) is 0. The molecule has 11 heavy (non-hydrogen) atoms. The third-order valence-electron chi connectivity index (χ3n) is 1.71. The lowest BCUT2D eigenvalue weighted by molar-refractivity contribution is 0.511. The van der Waals surface area contributed by atoms with Crippen molar-refractivity contribution in [3.63, 3.8) is 0 Å². The minimum absolute atomic E-state index is 0.472. The second kappa shape index (κ2) is 3.70. The molecule has 1 aromatic carbocycles. The molecule has 0 aliphatic heterocycles. The molecule has 1 atom stereocenters. The quantitative estimate of drug-likeness (QED) is 0.689. The van der Waals surface area contributed by atoms with Crippen LogP contribution in [0.4, 0.5) is 0 Å². The Kier molecular flexibility index (Phi) is 2.86. The molecule has 0 aliphatic carbocycles. The topological polar surface area (TPSA) is 29.5 Å². The highest BCUT2D eigenvalue weighted by Gasteiger charge is 1.99. The maximum absolute atomic E-state index is 8.54. The highest BCUT2D eigenvalue weighted by Crippen LogP contribution is 2.24. The maximum atomic E-state index is 8.54. The predicted octanol–water partition coefficient (Wildman–Crippen LogP) is 2.18. The molecular formula is C8H11O2P. The zero-order valence-corrected chi connectivity index (χ0v) is 7.59. The van der Waals surface area contributed by atoms with Gasteiger partial charge in [0.25, 0.3) is 0 Å². The molecule has 2 nitrogen and oxygen atoms in total. The Morgan fingerprint density at radius 1 is 1.36 bits per heavy atom. The molecular weight excluding hydrogens is 159 g/mol. The maximum Gasteiger partial charge on any atom is 0.212 e. The zero-order valence-electron chi connectivity index (χ0n) is 6.59. The first-order valence-electron chi connectivity index (χ1n) is 3.38. The Hall–Kier alpha value is -0.590. The van der Waals surface area contributed by atoms with Crippen molar-refractivity contribution in [2.75, 3.05) is 0 Å². The first-order chi connectivity index (χ1) is 5.25. The Labute approximate surface area is 68.2 Å². The highest BCUT2D eigenvalue weighted by atomic mass is 31.1. The van der Waals surface area contributed by atoms with E-state index in [-0.39, 0.29) is 0 Å². The van der Waals surface area contributed by atoms with E-state index in [4.69, 9.17) is 9.42 Å². The standard InChI is InChI=1S/C8H11O2P/c1-6-4-3-5-8(7(6)2)10-11-9/h3-5,9,11H,1-2H3. The number of aryl methyl sites for hydroxylation is 1. The SMILES string of the molecule is Cc1cccc(OPO)c1C. The molecule has 1 unspecified atom stereocenters. The van der Waals surface area contributed by atoms with Crippen molar-refractivity contribution < 1.29 is 9.42 Å². The van der Waals surface area contributed by atoms with Crippen LogP contribution in [0, 0.1) is 13.8 Å². The van der Waals surface area contributed by atoms with Crippen LogP contribution in [0.1, 0.15) is 11.1 Å². The van der Waals surface area contributed by atoms with Crippen LogP contribution >= 0.6 is 9.03 Å². The van der Waals surface area contributed by atoms with Gasteiger partial charge in [0.05, 0.1) is 0 Å². The van der Waals surface area contributed by atoms with E-state index in [1.807, 2.05) is 32.0 Å². The summed E-state index contributed by atoms with van der Waals surface area (Å²) < 4.78 is 5.00. The molecule has 1 N–H and O–H groups in total. The third-order valence-corrected chi connectivity index (χ3v) is 2.02. The van der Waals surface area contributed by atoms with Crippen LogP contribution in [0.15, 0.2) is 18.2 Å². The van der Waals surface area contributed by atoms with Crippen molar-refractivity contribution in [2.24, 2.45) is 0 Å². The van der Waals surface area contributed by atoms with Gasteiger partial charge in [-0.15, -0.1) is 0 Å². The van der Waals surface area contributed by atoms with Gasteiger partial charge < -0.3 is 9.42 Å². The molecule has 0 fully saturated rings. The Morgan fingerprint density at radius 3 is 2.73 bits per heavy atom. The van der Waals surface area contributed by atoms with E-state index in [0.29, 0.717) is 0 Å². The largest absolute Gasteiger partial charge is 0.450 e. The summed E-state index contributed by atoms with van der Waals surface area (Å²) in [6, 6.07) is 5.78. The lowest BCUT2D eigenvalue weighted by Crippen LogP contribution is -1.85. The summed E-state index contributed by atoms with van der Waals surface area (Å²) in [4.78, 5) is 8.54. The summed E-state index contributed by atoms with van der Waals surface area (Å²) in [6.45, 7) is 3.99. The first kappa shape index (κ1) is 8.51. The smallest absolute Gasteiger partial charge is 0.212 e. The van der Waals surface area contributed by atoms with Crippen LogP contribution < -0.4 is 4.52 Å². The molecule has 1 rings (SSSR count). The second-order valence-electron chi connectivity index (χ2n) is 2.39. The summed E-state index contributed by atoms with van der Waals surface area (Å²) in [5, 5.41) is 0. The molecule has 0 aromatic heterocycles. The van der Waals surface area contributed by atoms with E-state index < -0.39 is 9.03 Å². The van der Waals surface area contributed by atoms with Gasteiger partial charge in [-0.05, 0) is 31.0 Å². The normalized spacial score (nSPS) is 10.8. The molecule has 0 heterocycles. The average Bonchev–Trinajstić information content (AvgIpc) is 1.99. The van der Waals surface area contributed by atoms with Crippen molar-refractivity contribution in [3.8, 4) is 5.75 Å². The fraction of sp³-hybridized carbons (Fsp3) is 0.250. The van der Waals surface area contributed by atoms with Gasteiger partial charge in [-0.2, -0.15) is 0 Å². The van der Waals surface area contributed by atoms with Crippen LogP contribution in [0.2, 0.25) is 0 Å². The second-order valence-corrected chi connectivity index (χ2v) is 2.78. The van der Waals surface area contributed by atoms with Gasteiger partial charge in [0.2, 0.25) is 9.03 Å². The van der Waals surface area contributed by atoms with E-state index >= 15 is 0 Å². The molecule has 0 saturated carbocycles. The van der Waals surface area contributed by atoms with Gasteiger partial charge in [-0.3, -0.25) is 0 Å². The molecule has 1 aromatic rings. The van der Waals surface area contributed by atoms with Gasteiger partial charge >= 0.3 is 0 Å². The lowest BCUT2D eigenvalue weighted by Gasteiger charge is -2.06. The van der Waals surface area contributed by atoms with Gasteiger partial charge in [0.1, 0.15) is 5.75 Å². The minimum atomic E-state index is -0.472. The van der Waals surface area contributed by atoms with E-state index in [1.54, 1.807) is 0 Å². The van der Waals surface area contributed by atoms with Gasteiger partial charge in [-0.1, -0.05) is 12.1 Å². The minimum Gasteiger partial charge on any atom is -0.450 e. The van der Waals surface area contributed by atoms with Crippen LogP contribution in [0.3, 0.4) is 0 Å².